The van der Waals surface area contributed by atoms with E-state index in [1.807, 2.05) is 6.07 Å². The Labute approximate surface area is 124 Å². The second-order valence-electron chi connectivity index (χ2n) is 5.12. The summed E-state index contributed by atoms with van der Waals surface area (Å²) in [7, 11) is 0. The van der Waals surface area contributed by atoms with E-state index in [0.29, 0.717) is 0 Å². The van der Waals surface area contributed by atoms with Crippen molar-refractivity contribution in [2.45, 2.75) is 32.2 Å². The van der Waals surface area contributed by atoms with Crippen LogP contribution in [0.15, 0.2) is 53.0 Å². The molecule has 0 bridgehead atoms. The largest absolute Gasteiger partial charge is 0.327 e. The normalized spacial score (nSPS) is 12.4. The molecule has 19 heavy (non-hydrogen) atoms. The number of hydrogen-bond acceptors (Lipinski definition) is 1. The number of nitrogens with two attached hydrogens (primary N) is 1. The van der Waals surface area contributed by atoms with Crippen molar-refractivity contribution in [1.82, 2.24) is 0 Å². The topological polar surface area (TPSA) is 26.0 Å². The fraction of sp³-hybridized carbons (Fsp3) is 0.294. The number of hydrogen-bond donors (Lipinski definition) is 1. The molecule has 0 fully saturated rings. The van der Waals surface area contributed by atoms with Gasteiger partial charge in [-0.2, -0.15) is 0 Å². The molecular formula is C17H20BrN. The summed E-state index contributed by atoms with van der Waals surface area (Å²) in [6.07, 6.45) is 3.01. The Kier molecular flexibility index (Phi) is 5.17. The fourth-order valence-corrected chi connectivity index (χ4v) is 2.74. The number of rotatable bonds is 5. The van der Waals surface area contributed by atoms with Crippen molar-refractivity contribution in [3.63, 3.8) is 0 Å². The quantitative estimate of drug-likeness (QED) is 0.876. The molecule has 100 valence electrons. The predicted octanol–water partition coefficient (Wildman–Crippen LogP) is 4.26. The standard InChI is InChI=1S/C17H20BrN/c1-13-4-2-5-14(10-13)8-9-17(19)12-15-6-3-7-16(18)11-15/h2-7,10-11,17H,8-9,12,19H2,1H3. The summed E-state index contributed by atoms with van der Waals surface area (Å²) in [5, 5.41) is 0. The highest BCUT2D eigenvalue weighted by atomic mass is 79.9. The average molecular weight is 318 g/mol. The highest BCUT2D eigenvalue weighted by molar-refractivity contribution is 9.10. The second kappa shape index (κ2) is 6.88. The van der Waals surface area contributed by atoms with Gasteiger partial charge in [-0.25, -0.2) is 0 Å². The van der Waals surface area contributed by atoms with Gasteiger partial charge in [0, 0.05) is 10.5 Å². The first-order valence-electron chi connectivity index (χ1n) is 6.69. The van der Waals surface area contributed by atoms with Crippen LogP contribution in [0, 0.1) is 6.92 Å². The minimum atomic E-state index is 0.217. The Morgan fingerprint density at radius 1 is 1.05 bits per heavy atom. The minimum Gasteiger partial charge on any atom is -0.327 e. The molecule has 1 nitrogen and oxygen atoms in total. The first-order chi connectivity index (χ1) is 9.13. The summed E-state index contributed by atoms with van der Waals surface area (Å²) < 4.78 is 1.12. The molecule has 0 amide bonds. The Morgan fingerprint density at radius 3 is 2.53 bits per heavy atom. The van der Waals surface area contributed by atoms with E-state index >= 15 is 0 Å². The molecule has 0 spiro atoms. The zero-order chi connectivity index (χ0) is 13.7. The Morgan fingerprint density at radius 2 is 1.79 bits per heavy atom. The molecule has 0 aliphatic rings. The highest BCUT2D eigenvalue weighted by Crippen LogP contribution is 2.14. The van der Waals surface area contributed by atoms with E-state index in [1.165, 1.54) is 16.7 Å². The molecule has 0 saturated heterocycles. The molecule has 0 radical (unpaired) electrons. The summed E-state index contributed by atoms with van der Waals surface area (Å²) in [5.74, 6) is 0. The van der Waals surface area contributed by atoms with Crippen LogP contribution in [0.2, 0.25) is 0 Å². The van der Waals surface area contributed by atoms with Gasteiger partial charge in [0.2, 0.25) is 0 Å². The van der Waals surface area contributed by atoms with E-state index in [1.54, 1.807) is 0 Å². The molecule has 2 N–H and O–H groups in total. The lowest BCUT2D eigenvalue weighted by atomic mass is 9.99. The predicted molar refractivity (Wildman–Crippen MR) is 85.3 cm³/mol. The summed E-state index contributed by atoms with van der Waals surface area (Å²) in [6.45, 7) is 2.13. The van der Waals surface area contributed by atoms with Gasteiger partial charge in [0.15, 0.2) is 0 Å². The van der Waals surface area contributed by atoms with Crippen LogP contribution in [0.5, 0.6) is 0 Å². The summed E-state index contributed by atoms with van der Waals surface area (Å²) >= 11 is 3.49. The van der Waals surface area contributed by atoms with Crippen molar-refractivity contribution in [3.05, 3.63) is 69.7 Å². The molecule has 2 heteroatoms. The lowest BCUT2D eigenvalue weighted by Crippen LogP contribution is -2.23. The minimum absolute atomic E-state index is 0.217. The Bertz CT molecular complexity index is 536. The Hall–Kier alpha value is -1.12. The Balaban J connectivity index is 1.86. The molecule has 2 aromatic rings. The zero-order valence-electron chi connectivity index (χ0n) is 11.3. The highest BCUT2D eigenvalue weighted by Gasteiger charge is 2.05. The molecular weight excluding hydrogens is 298 g/mol. The smallest absolute Gasteiger partial charge is 0.0178 e. The van der Waals surface area contributed by atoms with Crippen LogP contribution in [0.3, 0.4) is 0 Å². The first-order valence-corrected chi connectivity index (χ1v) is 7.48. The van der Waals surface area contributed by atoms with E-state index in [2.05, 4.69) is 65.3 Å². The molecule has 1 atom stereocenters. The third-order valence-electron chi connectivity index (χ3n) is 3.27. The fourth-order valence-electron chi connectivity index (χ4n) is 2.29. The van der Waals surface area contributed by atoms with Gasteiger partial charge < -0.3 is 5.73 Å². The zero-order valence-corrected chi connectivity index (χ0v) is 12.9. The number of benzene rings is 2. The van der Waals surface area contributed by atoms with Crippen LogP contribution in [0.25, 0.3) is 0 Å². The monoisotopic (exact) mass is 317 g/mol. The van der Waals surface area contributed by atoms with E-state index < -0.39 is 0 Å². The molecule has 0 heterocycles. The third kappa shape index (κ3) is 4.81. The third-order valence-corrected chi connectivity index (χ3v) is 3.77. The van der Waals surface area contributed by atoms with Crippen molar-refractivity contribution < 1.29 is 0 Å². The summed E-state index contributed by atoms with van der Waals surface area (Å²) in [4.78, 5) is 0. The van der Waals surface area contributed by atoms with Gasteiger partial charge >= 0.3 is 0 Å². The lowest BCUT2D eigenvalue weighted by molar-refractivity contribution is 0.610. The van der Waals surface area contributed by atoms with Crippen LogP contribution in [0.1, 0.15) is 23.1 Å². The van der Waals surface area contributed by atoms with Gasteiger partial charge in [-0.15, -0.1) is 0 Å². The molecule has 2 rings (SSSR count). The lowest BCUT2D eigenvalue weighted by Gasteiger charge is -2.12. The maximum atomic E-state index is 6.23. The maximum absolute atomic E-state index is 6.23. The molecule has 0 aliphatic heterocycles. The molecule has 2 aromatic carbocycles. The van der Waals surface area contributed by atoms with E-state index in [-0.39, 0.29) is 6.04 Å². The van der Waals surface area contributed by atoms with Crippen molar-refractivity contribution in [1.29, 1.82) is 0 Å². The second-order valence-corrected chi connectivity index (χ2v) is 6.04. The van der Waals surface area contributed by atoms with Gasteiger partial charge in [-0.1, -0.05) is 57.9 Å². The summed E-state index contributed by atoms with van der Waals surface area (Å²) in [5.41, 5.74) is 10.2. The van der Waals surface area contributed by atoms with Crippen LogP contribution in [-0.2, 0) is 12.8 Å². The van der Waals surface area contributed by atoms with Crippen molar-refractivity contribution >= 4 is 15.9 Å². The summed E-state index contributed by atoms with van der Waals surface area (Å²) in [6, 6.07) is 17.3. The van der Waals surface area contributed by atoms with E-state index in [0.717, 1.165) is 23.7 Å². The average Bonchev–Trinajstić information content (AvgIpc) is 2.36. The molecule has 1 unspecified atom stereocenters. The van der Waals surface area contributed by atoms with E-state index in [4.69, 9.17) is 5.73 Å². The van der Waals surface area contributed by atoms with Crippen molar-refractivity contribution in [2.24, 2.45) is 5.73 Å². The first kappa shape index (κ1) is 14.3. The van der Waals surface area contributed by atoms with Gasteiger partial charge in [0.05, 0.1) is 0 Å². The van der Waals surface area contributed by atoms with Crippen molar-refractivity contribution in [2.75, 3.05) is 0 Å². The van der Waals surface area contributed by atoms with E-state index in [9.17, 15) is 0 Å². The van der Waals surface area contributed by atoms with Gasteiger partial charge in [-0.3, -0.25) is 0 Å². The van der Waals surface area contributed by atoms with Gasteiger partial charge in [-0.05, 0) is 49.4 Å². The van der Waals surface area contributed by atoms with Crippen molar-refractivity contribution in [3.8, 4) is 0 Å². The van der Waals surface area contributed by atoms with Gasteiger partial charge in [0.1, 0.15) is 0 Å². The van der Waals surface area contributed by atoms with Crippen LogP contribution in [-0.4, -0.2) is 6.04 Å². The van der Waals surface area contributed by atoms with Gasteiger partial charge in [0.25, 0.3) is 0 Å². The van der Waals surface area contributed by atoms with Crippen LogP contribution in [0.4, 0.5) is 0 Å². The van der Waals surface area contributed by atoms with Crippen LogP contribution >= 0.6 is 15.9 Å². The van der Waals surface area contributed by atoms with Crippen LogP contribution < -0.4 is 5.73 Å². The number of aryl methyl sites for hydroxylation is 2. The molecule has 0 saturated carbocycles. The maximum Gasteiger partial charge on any atom is 0.0178 e. The SMILES string of the molecule is Cc1cccc(CCC(N)Cc2cccc(Br)c2)c1. The number of halogens is 1. The molecule has 0 aromatic heterocycles. The molecule has 0 aliphatic carbocycles.